The van der Waals surface area contributed by atoms with Crippen LogP contribution in [0.25, 0.3) is 0 Å². The third-order valence-electron chi connectivity index (χ3n) is 3.52. The number of aliphatic carboxylic acids is 1. The Hall–Kier alpha value is -1.07. The van der Waals surface area contributed by atoms with E-state index in [4.69, 9.17) is 11.6 Å². The summed E-state index contributed by atoms with van der Waals surface area (Å²) in [4.78, 5) is 23.4. The van der Waals surface area contributed by atoms with Crippen molar-refractivity contribution in [1.82, 2.24) is 0 Å². The third-order valence-corrected chi connectivity index (χ3v) is 4.91. The van der Waals surface area contributed by atoms with E-state index in [0.29, 0.717) is 15.2 Å². The number of halogens is 2. The molecule has 1 rings (SSSR count). The van der Waals surface area contributed by atoms with Crippen LogP contribution in [0.4, 0.5) is 5.69 Å². The number of hydrogen-bond acceptors (Lipinski definition) is 2. The number of benzene rings is 1. The van der Waals surface area contributed by atoms with Crippen molar-refractivity contribution >= 4 is 45.1 Å². The summed E-state index contributed by atoms with van der Waals surface area (Å²) in [6.45, 7) is 5.15. The van der Waals surface area contributed by atoms with Gasteiger partial charge in [0.15, 0.2) is 0 Å². The van der Waals surface area contributed by atoms with E-state index in [1.54, 1.807) is 39.0 Å². The topological polar surface area (TPSA) is 66.4 Å². The Labute approximate surface area is 131 Å². The molecule has 0 spiro atoms. The minimum absolute atomic E-state index is 0.0983. The largest absolute Gasteiger partial charge is 0.481 e. The lowest BCUT2D eigenvalue weighted by Gasteiger charge is -2.28. The number of carbonyl (C=O) groups excluding carboxylic acids is 1. The van der Waals surface area contributed by atoms with Crippen molar-refractivity contribution in [2.24, 2.45) is 11.3 Å². The molecule has 6 heteroatoms. The summed E-state index contributed by atoms with van der Waals surface area (Å²) >= 11 is 9.22. The minimum atomic E-state index is -1.10. The lowest BCUT2D eigenvalue weighted by molar-refractivity contribution is -0.153. The van der Waals surface area contributed by atoms with E-state index in [9.17, 15) is 14.7 Å². The maximum absolute atomic E-state index is 12.1. The molecule has 2 N–H and O–H groups in total. The number of anilines is 1. The highest BCUT2D eigenvalue weighted by Crippen LogP contribution is 2.33. The first-order chi connectivity index (χ1) is 9.18. The number of carboxylic acids is 1. The predicted octanol–water partition coefficient (Wildman–Crippen LogP) is 4.18. The molecule has 1 aromatic rings. The Kier molecular flexibility index (Phi) is 5.59. The van der Waals surface area contributed by atoms with Gasteiger partial charge in [-0.1, -0.05) is 31.5 Å². The summed E-state index contributed by atoms with van der Waals surface area (Å²) < 4.78 is 0.580. The van der Waals surface area contributed by atoms with Crippen LogP contribution in [0.5, 0.6) is 0 Å². The lowest BCUT2D eigenvalue weighted by Crippen LogP contribution is -2.37. The normalized spacial score (nSPS) is 13.9. The monoisotopic (exact) mass is 361 g/mol. The van der Waals surface area contributed by atoms with Crippen LogP contribution in [-0.2, 0) is 9.59 Å². The van der Waals surface area contributed by atoms with Crippen molar-refractivity contribution in [2.45, 2.75) is 27.2 Å². The van der Waals surface area contributed by atoms with Crippen molar-refractivity contribution in [3.05, 3.63) is 27.7 Å². The predicted molar refractivity (Wildman–Crippen MR) is 83.0 cm³/mol. The van der Waals surface area contributed by atoms with Crippen LogP contribution in [-0.4, -0.2) is 17.0 Å². The maximum atomic E-state index is 12.1. The van der Waals surface area contributed by atoms with Crippen molar-refractivity contribution in [1.29, 1.82) is 0 Å². The molecule has 0 fully saturated rings. The first kappa shape index (κ1) is 17.0. The third kappa shape index (κ3) is 3.73. The van der Waals surface area contributed by atoms with Gasteiger partial charge in [-0.05, 0) is 40.9 Å². The van der Waals surface area contributed by atoms with Crippen molar-refractivity contribution in [2.75, 3.05) is 5.32 Å². The molecule has 0 saturated carbocycles. The summed E-state index contributed by atoms with van der Waals surface area (Å²) in [5.41, 5.74) is -0.575. The van der Waals surface area contributed by atoms with Crippen LogP contribution in [0.3, 0.4) is 0 Å². The summed E-state index contributed by atoms with van der Waals surface area (Å²) in [6, 6.07) is 5.10. The van der Waals surface area contributed by atoms with E-state index in [0.717, 1.165) is 0 Å². The van der Waals surface area contributed by atoms with E-state index in [-0.39, 0.29) is 18.2 Å². The van der Waals surface area contributed by atoms with Gasteiger partial charge in [0.2, 0.25) is 5.91 Å². The first-order valence-electron chi connectivity index (χ1n) is 6.15. The standard InChI is InChI=1S/C14H17BrClNO3/c1-8(2)14(3,13(19)20)7-11(18)17-10-6-4-5-9(16)12(10)15/h4-6,8H,7H2,1-3H3,(H,17,18)(H,19,20). The summed E-state index contributed by atoms with van der Waals surface area (Å²) in [5.74, 6) is -1.49. The van der Waals surface area contributed by atoms with Crippen LogP contribution in [0.2, 0.25) is 5.02 Å². The van der Waals surface area contributed by atoms with Crippen LogP contribution < -0.4 is 5.32 Å². The second-order valence-electron chi connectivity index (χ2n) is 5.20. The quantitative estimate of drug-likeness (QED) is 0.826. The van der Waals surface area contributed by atoms with Crippen molar-refractivity contribution in [3.8, 4) is 0 Å². The Morgan fingerprint density at radius 3 is 2.55 bits per heavy atom. The van der Waals surface area contributed by atoms with E-state index in [2.05, 4.69) is 21.2 Å². The van der Waals surface area contributed by atoms with Crippen LogP contribution in [0.1, 0.15) is 27.2 Å². The highest BCUT2D eigenvalue weighted by atomic mass is 79.9. The van der Waals surface area contributed by atoms with Crippen LogP contribution in [0, 0.1) is 11.3 Å². The fourth-order valence-electron chi connectivity index (χ4n) is 1.65. The molecular formula is C14H17BrClNO3. The van der Waals surface area contributed by atoms with E-state index < -0.39 is 11.4 Å². The van der Waals surface area contributed by atoms with E-state index in [1.807, 2.05) is 0 Å². The maximum Gasteiger partial charge on any atom is 0.310 e. The molecule has 4 nitrogen and oxygen atoms in total. The molecule has 1 unspecified atom stereocenters. The number of hydrogen-bond donors (Lipinski definition) is 2. The van der Waals surface area contributed by atoms with Gasteiger partial charge in [0, 0.05) is 6.42 Å². The van der Waals surface area contributed by atoms with Gasteiger partial charge in [-0.15, -0.1) is 0 Å². The highest BCUT2D eigenvalue weighted by Gasteiger charge is 2.38. The minimum Gasteiger partial charge on any atom is -0.481 e. The molecule has 1 atom stereocenters. The number of carbonyl (C=O) groups is 2. The fraction of sp³-hybridized carbons (Fsp3) is 0.429. The summed E-state index contributed by atoms with van der Waals surface area (Å²) in [7, 11) is 0. The average molecular weight is 363 g/mol. The van der Waals surface area contributed by atoms with Gasteiger partial charge in [-0.25, -0.2) is 0 Å². The van der Waals surface area contributed by atoms with E-state index >= 15 is 0 Å². The van der Waals surface area contributed by atoms with Crippen LogP contribution in [0.15, 0.2) is 22.7 Å². The number of amides is 1. The first-order valence-corrected chi connectivity index (χ1v) is 7.33. The molecule has 0 heterocycles. The zero-order valence-electron chi connectivity index (χ0n) is 11.5. The number of carboxylic acid groups (broad SMARTS) is 1. The highest BCUT2D eigenvalue weighted by molar-refractivity contribution is 9.10. The Morgan fingerprint density at radius 1 is 1.45 bits per heavy atom. The fourth-order valence-corrected chi connectivity index (χ4v) is 2.19. The molecule has 0 bridgehead atoms. The molecule has 0 aromatic heterocycles. The Morgan fingerprint density at radius 2 is 2.05 bits per heavy atom. The SMILES string of the molecule is CC(C)C(C)(CC(=O)Nc1cccc(Cl)c1Br)C(=O)O. The van der Waals surface area contributed by atoms with E-state index in [1.165, 1.54) is 0 Å². The van der Waals surface area contributed by atoms with Gasteiger partial charge in [-0.3, -0.25) is 9.59 Å². The molecule has 110 valence electrons. The Balaban J connectivity index is 2.87. The molecular weight excluding hydrogens is 346 g/mol. The summed E-state index contributed by atoms with van der Waals surface area (Å²) in [6.07, 6.45) is -0.0983. The van der Waals surface area contributed by atoms with Gasteiger partial charge in [0.25, 0.3) is 0 Å². The zero-order valence-corrected chi connectivity index (χ0v) is 13.9. The van der Waals surface area contributed by atoms with Crippen molar-refractivity contribution in [3.63, 3.8) is 0 Å². The lowest BCUT2D eigenvalue weighted by atomic mass is 9.76. The summed E-state index contributed by atoms with van der Waals surface area (Å²) in [5, 5.41) is 12.5. The molecule has 0 aliphatic rings. The van der Waals surface area contributed by atoms with Gasteiger partial charge < -0.3 is 10.4 Å². The zero-order chi connectivity index (χ0) is 15.5. The molecule has 1 amide bonds. The number of nitrogens with one attached hydrogen (secondary N) is 1. The molecule has 0 saturated heterocycles. The molecule has 0 radical (unpaired) electrons. The van der Waals surface area contributed by atoms with Gasteiger partial charge >= 0.3 is 5.97 Å². The van der Waals surface area contributed by atoms with Gasteiger partial charge in [0.05, 0.1) is 20.6 Å². The van der Waals surface area contributed by atoms with Gasteiger partial charge in [-0.2, -0.15) is 0 Å². The Bertz CT molecular complexity index is 533. The second kappa shape index (κ2) is 6.59. The smallest absolute Gasteiger partial charge is 0.310 e. The average Bonchev–Trinajstić information content (AvgIpc) is 2.34. The van der Waals surface area contributed by atoms with Crippen LogP contribution >= 0.6 is 27.5 Å². The number of rotatable bonds is 5. The molecule has 1 aromatic carbocycles. The van der Waals surface area contributed by atoms with Crippen molar-refractivity contribution < 1.29 is 14.7 Å². The molecule has 0 aliphatic carbocycles. The molecule has 20 heavy (non-hydrogen) atoms. The molecule has 0 aliphatic heterocycles. The van der Waals surface area contributed by atoms with Gasteiger partial charge in [0.1, 0.15) is 0 Å². The second-order valence-corrected chi connectivity index (χ2v) is 6.40.